The fourth-order valence-corrected chi connectivity index (χ4v) is 3.68. The molecule has 1 aromatic heterocycles. The van der Waals surface area contributed by atoms with Gasteiger partial charge in [0.25, 0.3) is 0 Å². The third-order valence-electron chi connectivity index (χ3n) is 3.76. The Morgan fingerprint density at radius 1 is 1.52 bits per heavy atom. The summed E-state index contributed by atoms with van der Waals surface area (Å²) in [5.41, 5.74) is 0. The van der Waals surface area contributed by atoms with E-state index in [1.807, 2.05) is 12.1 Å². The van der Waals surface area contributed by atoms with E-state index >= 15 is 0 Å². The largest absolute Gasteiger partial charge is 0.467 e. The van der Waals surface area contributed by atoms with E-state index in [0.29, 0.717) is 13.2 Å². The van der Waals surface area contributed by atoms with Crippen molar-refractivity contribution in [1.82, 2.24) is 10.2 Å². The van der Waals surface area contributed by atoms with Gasteiger partial charge in [-0.1, -0.05) is 6.92 Å². The molecule has 6 heteroatoms. The summed E-state index contributed by atoms with van der Waals surface area (Å²) >= 11 is 2.08. The Labute approximate surface area is 143 Å². The fourth-order valence-electron chi connectivity index (χ4n) is 2.50. The second kappa shape index (κ2) is 10.6. The van der Waals surface area contributed by atoms with Crippen molar-refractivity contribution in [3.63, 3.8) is 0 Å². The first kappa shape index (κ1) is 18.2. The van der Waals surface area contributed by atoms with Crippen LogP contribution in [0.25, 0.3) is 0 Å². The molecule has 0 aromatic carbocycles. The predicted octanol–water partition coefficient (Wildman–Crippen LogP) is 2.98. The van der Waals surface area contributed by atoms with Crippen molar-refractivity contribution in [3.8, 4) is 0 Å². The molecule has 1 saturated heterocycles. The summed E-state index contributed by atoms with van der Waals surface area (Å²) in [6, 6.07) is 3.81. The van der Waals surface area contributed by atoms with Gasteiger partial charge in [0.2, 0.25) is 0 Å². The van der Waals surface area contributed by atoms with Crippen LogP contribution in [0, 0.1) is 0 Å². The van der Waals surface area contributed by atoms with Crippen molar-refractivity contribution in [1.29, 1.82) is 0 Å². The molecule has 0 bridgehead atoms. The zero-order chi connectivity index (χ0) is 16.3. The molecular formula is C17H29N3O2S. The molecule has 1 N–H and O–H groups in total. The van der Waals surface area contributed by atoms with Gasteiger partial charge in [-0.3, -0.25) is 4.99 Å². The average molecular weight is 340 g/mol. The minimum Gasteiger partial charge on any atom is -0.467 e. The second-order valence-corrected chi connectivity index (χ2v) is 6.98. The lowest BCUT2D eigenvalue weighted by Gasteiger charge is -2.34. The molecule has 0 amide bonds. The lowest BCUT2D eigenvalue weighted by atomic mass is 10.3. The van der Waals surface area contributed by atoms with E-state index in [2.05, 4.69) is 35.8 Å². The van der Waals surface area contributed by atoms with E-state index < -0.39 is 0 Å². The number of hydrogen-bond acceptors (Lipinski definition) is 4. The number of furan rings is 1. The van der Waals surface area contributed by atoms with Crippen LogP contribution in [0.3, 0.4) is 0 Å². The molecule has 1 atom stereocenters. The monoisotopic (exact) mass is 339 g/mol. The van der Waals surface area contributed by atoms with E-state index in [-0.39, 0.29) is 0 Å². The first-order chi connectivity index (χ1) is 11.3. The molecule has 2 rings (SSSR count). The summed E-state index contributed by atoms with van der Waals surface area (Å²) in [7, 11) is 0. The number of thioether (sulfide) groups is 1. The van der Waals surface area contributed by atoms with Gasteiger partial charge in [-0.2, -0.15) is 11.8 Å². The molecule has 0 spiro atoms. The van der Waals surface area contributed by atoms with E-state index in [1.54, 1.807) is 6.26 Å². The minimum absolute atomic E-state index is 0.540. The molecule has 5 nitrogen and oxygen atoms in total. The molecule has 2 heterocycles. The van der Waals surface area contributed by atoms with E-state index in [4.69, 9.17) is 14.1 Å². The van der Waals surface area contributed by atoms with Crippen LogP contribution >= 0.6 is 11.8 Å². The lowest BCUT2D eigenvalue weighted by Crippen LogP contribution is -2.48. The average Bonchev–Trinajstić information content (AvgIpc) is 3.10. The van der Waals surface area contributed by atoms with Gasteiger partial charge < -0.3 is 19.4 Å². The van der Waals surface area contributed by atoms with E-state index in [0.717, 1.165) is 49.6 Å². The van der Waals surface area contributed by atoms with Crippen LogP contribution in [0.1, 0.15) is 32.4 Å². The van der Waals surface area contributed by atoms with E-state index in [9.17, 15) is 0 Å². The van der Waals surface area contributed by atoms with Crippen molar-refractivity contribution in [2.75, 3.05) is 38.5 Å². The molecule has 0 radical (unpaired) electrons. The topological polar surface area (TPSA) is 50.0 Å². The molecule has 1 fully saturated rings. The Hall–Kier alpha value is -1.14. The number of guanidine groups is 1. The molecule has 23 heavy (non-hydrogen) atoms. The molecular weight excluding hydrogens is 310 g/mol. The molecule has 0 aliphatic carbocycles. The maximum atomic E-state index is 5.60. The summed E-state index contributed by atoms with van der Waals surface area (Å²) in [6.45, 7) is 9.52. The van der Waals surface area contributed by atoms with Crippen molar-refractivity contribution in [2.24, 2.45) is 4.99 Å². The Morgan fingerprint density at radius 3 is 3.17 bits per heavy atom. The maximum Gasteiger partial charge on any atom is 0.193 e. The summed E-state index contributed by atoms with van der Waals surface area (Å²) < 4.78 is 10.8. The minimum atomic E-state index is 0.540. The molecule has 1 aliphatic rings. The smallest absolute Gasteiger partial charge is 0.193 e. The van der Waals surface area contributed by atoms with Gasteiger partial charge in [0.15, 0.2) is 5.96 Å². The molecule has 1 unspecified atom stereocenters. The van der Waals surface area contributed by atoms with Gasteiger partial charge >= 0.3 is 0 Å². The third-order valence-corrected chi connectivity index (χ3v) is 5.13. The van der Waals surface area contributed by atoms with Crippen LogP contribution in [0.5, 0.6) is 0 Å². The van der Waals surface area contributed by atoms with Crippen LogP contribution < -0.4 is 5.32 Å². The van der Waals surface area contributed by atoms with Crippen molar-refractivity contribution < 1.29 is 9.15 Å². The Morgan fingerprint density at radius 2 is 2.43 bits per heavy atom. The van der Waals surface area contributed by atoms with Gasteiger partial charge in [0.1, 0.15) is 12.4 Å². The standard InChI is InChI=1S/C17H29N3O2S/c1-3-16-13-20(9-12-23-16)17(18-4-2)19-8-6-10-21-14-15-7-5-11-22-15/h5,7,11,16H,3-4,6,8-10,12-14H2,1-2H3,(H,18,19). The number of hydrogen-bond donors (Lipinski definition) is 1. The van der Waals surface area contributed by atoms with Crippen LogP contribution in [0.15, 0.2) is 27.8 Å². The second-order valence-electron chi connectivity index (χ2n) is 5.57. The highest BCUT2D eigenvalue weighted by Crippen LogP contribution is 2.21. The number of nitrogens with one attached hydrogen (secondary N) is 1. The van der Waals surface area contributed by atoms with Gasteiger partial charge in [-0.15, -0.1) is 0 Å². The number of rotatable bonds is 8. The Kier molecular flexibility index (Phi) is 8.39. The molecule has 130 valence electrons. The lowest BCUT2D eigenvalue weighted by molar-refractivity contribution is 0.105. The van der Waals surface area contributed by atoms with Crippen LogP contribution in [0.4, 0.5) is 0 Å². The quantitative estimate of drug-likeness (QED) is 0.448. The van der Waals surface area contributed by atoms with Crippen molar-refractivity contribution in [3.05, 3.63) is 24.2 Å². The van der Waals surface area contributed by atoms with Gasteiger partial charge in [-0.25, -0.2) is 0 Å². The highest BCUT2D eigenvalue weighted by molar-refractivity contribution is 8.00. The van der Waals surface area contributed by atoms with Crippen LogP contribution in [0.2, 0.25) is 0 Å². The first-order valence-electron chi connectivity index (χ1n) is 8.58. The summed E-state index contributed by atoms with van der Waals surface area (Å²) in [5, 5.41) is 4.15. The maximum absolute atomic E-state index is 5.60. The normalized spacial score (nSPS) is 19.1. The van der Waals surface area contributed by atoms with Crippen molar-refractivity contribution in [2.45, 2.75) is 38.5 Å². The van der Waals surface area contributed by atoms with Crippen LogP contribution in [-0.4, -0.2) is 54.6 Å². The summed E-state index contributed by atoms with van der Waals surface area (Å²) in [6.07, 6.45) is 3.82. The highest BCUT2D eigenvalue weighted by atomic mass is 32.2. The third kappa shape index (κ3) is 6.47. The first-order valence-corrected chi connectivity index (χ1v) is 9.63. The van der Waals surface area contributed by atoms with Gasteiger partial charge in [0.05, 0.1) is 6.26 Å². The molecule has 1 aliphatic heterocycles. The zero-order valence-electron chi connectivity index (χ0n) is 14.3. The van der Waals surface area contributed by atoms with Gasteiger partial charge in [-0.05, 0) is 31.9 Å². The number of aliphatic imine (C=N–C) groups is 1. The number of ether oxygens (including phenoxy) is 1. The SMILES string of the molecule is CCNC(=NCCCOCc1ccco1)N1CCSC(CC)C1. The van der Waals surface area contributed by atoms with Gasteiger partial charge in [0, 0.05) is 43.8 Å². The Balaban J connectivity index is 1.70. The molecule has 0 saturated carbocycles. The summed E-state index contributed by atoms with van der Waals surface area (Å²) in [5.74, 6) is 3.12. The zero-order valence-corrected chi connectivity index (χ0v) is 15.1. The number of nitrogens with zero attached hydrogens (tertiary/aromatic N) is 2. The van der Waals surface area contributed by atoms with E-state index in [1.165, 1.54) is 12.2 Å². The molecule has 1 aromatic rings. The van der Waals surface area contributed by atoms with Crippen molar-refractivity contribution >= 4 is 17.7 Å². The fraction of sp³-hybridized carbons (Fsp3) is 0.706. The Bertz CT molecular complexity index is 451. The predicted molar refractivity (Wildman–Crippen MR) is 97.1 cm³/mol. The summed E-state index contributed by atoms with van der Waals surface area (Å²) in [4.78, 5) is 7.16. The highest BCUT2D eigenvalue weighted by Gasteiger charge is 2.21. The van der Waals surface area contributed by atoms with Crippen LogP contribution in [-0.2, 0) is 11.3 Å².